The van der Waals surface area contributed by atoms with E-state index in [1.165, 1.54) is 12.8 Å². The number of carbonyl (C=O) groups is 1. The maximum Gasteiger partial charge on any atom is 0.239 e. The lowest BCUT2D eigenvalue weighted by atomic mass is 10.2. The lowest BCUT2D eigenvalue weighted by molar-refractivity contribution is -0.115. The van der Waals surface area contributed by atoms with E-state index in [2.05, 4.69) is 15.7 Å². The maximum atomic E-state index is 12.0. The quantitative estimate of drug-likeness (QED) is 0.804. The van der Waals surface area contributed by atoms with Gasteiger partial charge in [0.15, 0.2) is 0 Å². The fourth-order valence-corrected chi connectivity index (χ4v) is 2.74. The van der Waals surface area contributed by atoms with Crippen LogP contribution in [0.5, 0.6) is 0 Å². The molecule has 1 fully saturated rings. The van der Waals surface area contributed by atoms with Gasteiger partial charge < -0.3 is 10.6 Å². The number of hydrogen-bond donors (Lipinski definition) is 2. The van der Waals surface area contributed by atoms with Gasteiger partial charge in [0, 0.05) is 16.1 Å². The Morgan fingerprint density at radius 1 is 1.30 bits per heavy atom. The molecule has 0 bridgehead atoms. The van der Waals surface area contributed by atoms with Gasteiger partial charge >= 0.3 is 0 Å². The van der Waals surface area contributed by atoms with Crippen LogP contribution in [0.1, 0.15) is 18.4 Å². The van der Waals surface area contributed by atoms with Crippen molar-refractivity contribution in [2.75, 3.05) is 18.4 Å². The van der Waals surface area contributed by atoms with Gasteiger partial charge in [-0.05, 0) is 43.0 Å². The Bertz CT molecular complexity index is 697. The number of benzene rings is 1. The molecule has 5 nitrogen and oxygen atoms in total. The average Bonchev–Trinajstić information content (AvgIpc) is 3.23. The SMILES string of the molecule is O=C(CNCC1CC1)Nc1ccnn1Cc1ccc(Cl)cc1Cl. The van der Waals surface area contributed by atoms with Crippen LogP contribution < -0.4 is 10.6 Å². The molecule has 1 aliphatic rings. The molecule has 1 amide bonds. The minimum atomic E-state index is -0.0744. The molecule has 1 saturated carbocycles. The van der Waals surface area contributed by atoms with Crippen molar-refractivity contribution in [3.8, 4) is 0 Å². The first-order chi connectivity index (χ1) is 11.1. The molecule has 122 valence electrons. The number of halogens is 2. The van der Waals surface area contributed by atoms with E-state index < -0.39 is 0 Å². The Morgan fingerprint density at radius 2 is 2.13 bits per heavy atom. The van der Waals surface area contributed by atoms with Crippen molar-refractivity contribution in [3.63, 3.8) is 0 Å². The van der Waals surface area contributed by atoms with Gasteiger partial charge in [-0.1, -0.05) is 29.3 Å². The van der Waals surface area contributed by atoms with Crippen molar-refractivity contribution in [3.05, 3.63) is 46.1 Å². The van der Waals surface area contributed by atoms with Gasteiger partial charge in [-0.3, -0.25) is 4.79 Å². The average molecular weight is 353 g/mol. The standard InChI is InChI=1S/C16H18Cl2N4O/c17-13-4-3-12(14(18)7-13)10-22-15(5-6-20-22)21-16(23)9-19-8-11-1-2-11/h3-7,11,19H,1-2,8-10H2,(H,21,23). The number of carbonyl (C=O) groups excluding carboxylic acids is 1. The molecule has 1 heterocycles. The van der Waals surface area contributed by atoms with Crippen molar-refractivity contribution in [2.45, 2.75) is 19.4 Å². The summed E-state index contributed by atoms with van der Waals surface area (Å²) in [4.78, 5) is 12.0. The van der Waals surface area contributed by atoms with Gasteiger partial charge in [-0.25, -0.2) is 4.68 Å². The summed E-state index contributed by atoms with van der Waals surface area (Å²) in [5.41, 5.74) is 0.891. The zero-order valence-electron chi connectivity index (χ0n) is 12.6. The minimum absolute atomic E-state index is 0.0744. The van der Waals surface area contributed by atoms with Crippen LogP contribution in [0.3, 0.4) is 0 Å². The van der Waals surface area contributed by atoms with Gasteiger partial charge in [0.25, 0.3) is 0 Å². The Hall–Kier alpha value is -1.56. The van der Waals surface area contributed by atoms with Gasteiger partial charge in [0.05, 0.1) is 19.3 Å². The highest BCUT2D eigenvalue weighted by molar-refractivity contribution is 6.35. The van der Waals surface area contributed by atoms with Crippen molar-refractivity contribution < 1.29 is 4.79 Å². The molecular weight excluding hydrogens is 335 g/mol. The first-order valence-corrected chi connectivity index (χ1v) is 8.34. The second kappa shape index (κ2) is 7.34. The zero-order valence-corrected chi connectivity index (χ0v) is 14.1. The Balaban J connectivity index is 1.58. The Morgan fingerprint density at radius 3 is 2.87 bits per heavy atom. The molecule has 0 aliphatic heterocycles. The van der Waals surface area contributed by atoms with Gasteiger partial charge in [0.1, 0.15) is 5.82 Å². The zero-order chi connectivity index (χ0) is 16.2. The Kier molecular flexibility index (Phi) is 5.20. The van der Waals surface area contributed by atoms with Crippen molar-refractivity contribution in [1.82, 2.24) is 15.1 Å². The number of nitrogens with zero attached hydrogens (tertiary/aromatic N) is 2. The van der Waals surface area contributed by atoms with Gasteiger partial charge in [-0.2, -0.15) is 5.10 Å². The lowest BCUT2D eigenvalue weighted by Gasteiger charge is -2.11. The van der Waals surface area contributed by atoms with Gasteiger partial charge in [0.2, 0.25) is 5.91 Å². The van der Waals surface area contributed by atoms with Crippen LogP contribution in [-0.2, 0) is 11.3 Å². The van der Waals surface area contributed by atoms with Crippen LogP contribution >= 0.6 is 23.2 Å². The van der Waals surface area contributed by atoms with Crippen molar-refractivity contribution in [2.24, 2.45) is 5.92 Å². The Labute approximate surface area is 145 Å². The number of anilines is 1. The van der Waals surface area contributed by atoms with Crippen LogP contribution in [0.4, 0.5) is 5.82 Å². The predicted molar refractivity (Wildman–Crippen MR) is 92.0 cm³/mol. The van der Waals surface area contributed by atoms with Crippen LogP contribution in [-0.4, -0.2) is 28.8 Å². The molecule has 0 saturated heterocycles. The normalized spacial score (nSPS) is 14.0. The van der Waals surface area contributed by atoms with Crippen LogP contribution in [0, 0.1) is 5.92 Å². The highest BCUT2D eigenvalue weighted by atomic mass is 35.5. The maximum absolute atomic E-state index is 12.0. The van der Waals surface area contributed by atoms with Crippen LogP contribution in [0.15, 0.2) is 30.5 Å². The summed E-state index contributed by atoms with van der Waals surface area (Å²) in [5, 5.41) is 11.4. The summed E-state index contributed by atoms with van der Waals surface area (Å²) in [6.07, 6.45) is 4.18. The molecule has 0 atom stereocenters. The molecule has 23 heavy (non-hydrogen) atoms. The van der Waals surface area contributed by atoms with Crippen molar-refractivity contribution >= 4 is 34.9 Å². The summed E-state index contributed by atoms with van der Waals surface area (Å²) in [6, 6.07) is 7.10. The lowest BCUT2D eigenvalue weighted by Crippen LogP contribution is -2.30. The molecule has 2 aromatic rings. The third-order valence-corrected chi connectivity index (χ3v) is 4.32. The first kappa shape index (κ1) is 16.3. The summed E-state index contributed by atoms with van der Waals surface area (Å²) in [7, 11) is 0. The molecule has 2 N–H and O–H groups in total. The van der Waals surface area contributed by atoms with Crippen molar-refractivity contribution in [1.29, 1.82) is 0 Å². The third kappa shape index (κ3) is 4.70. The second-order valence-corrected chi connectivity index (χ2v) is 6.58. The van der Waals surface area contributed by atoms with E-state index >= 15 is 0 Å². The summed E-state index contributed by atoms with van der Waals surface area (Å²) >= 11 is 12.1. The fourth-order valence-electron chi connectivity index (χ4n) is 2.27. The summed E-state index contributed by atoms with van der Waals surface area (Å²) in [5.74, 6) is 1.32. The first-order valence-electron chi connectivity index (χ1n) is 7.58. The largest absolute Gasteiger partial charge is 0.310 e. The van der Waals surface area contributed by atoms with E-state index in [4.69, 9.17) is 23.2 Å². The van der Waals surface area contributed by atoms with Crippen LogP contribution in [0.25, 0.3) is 0 Å². The van der Waals surface area contributed by atoms with E-state index in [1.807, 2.05) is 6.07 Å². The van der Waals surface area contributed by atoms with E-state index in [9.17, 15) is 4.79 Å². The molecule has 1 aromatic carbocycles. The minimum Gasteiger partial charge on any atom is -0.310 e. The number of amides is 1. The highest BCUT2D eigenvalue weighted by Crippen LogP contribution is 2.27. The molecule has 3 rings (SSSR count). The van der Waals surface area contributed by atoms with Gasteiger partial charge in [-0.15, -0.1) is 0 Å². The third-order valence-electron chi connectivity index (χ3n) is 3.73. The molecule has 0 radical (unpaired) electrons. The highest BCUT2D eigenvalue weighted by Gasteiger charge is 2.20. The molecular formula is C16H18Cl2N4O. The topological polar surface area (TPSA) is 59.0 Å². The predicted octanol–water partition coefficient (Wildman–Crippen LogP) is 3.18. The molecule has 0 unspecified atom stereocenters. The fraction of sp³-hybridized carbons (Fsp3) is 0.375. The number of nitrogens with one attached hydrogen (secondary N) is 2. The molecule has 1 aromatic heterocycles. The van der Waals surface area contributed by atoms with Crippen LogP contribution in [0.2, 0.25) is 10.0 Å². The number of aromatic nitrogens is 2. The van der Waals surface area contributed by atoms with E-state index in [0.717, 1.165) is 18.0 Å². The number of rotatable bonds is 7. The van der Waals surface area contributed by atoms with E-state index in [0.29, 0.717) is 29.0 Å². The summed E-state index contributed by atoms with van der Waals surface area (Å²) < 4.78 is 1.70. The smallest absolute Gasteiger partial charge is 0.239 e. The van der Waals surface area contributed by atoms with E-state index in [1.54, 1.807) is 29.1 Å². The second-order valence-electron chi connectivity index (χ2n) is 5.73. The number of hydrogen-bond acceptors (Lipinski definition) is 3. The monoisotopic (exact) mass is 352 g/mol. The molecule has 1 aliphatic carbocycles. The molecule has 0 spiro atoms. The molecule has 7 heteroatoms. The summed E-state index contributed by atoms with van der Waals surface area (Å²) in [6.45, 7) is 1.69. The van der Waals surface area contributed by atoms with E-state index in [-0.39, 0.29) is 5.91 Å².